The lowest BCUT2D eigenvalue weighted by Crippen LogP contribution is -2.49. The number of nitrogens with zero attached hydrogens (tertiary/aromatic N) is 2. The van der Waals surface area contributed by atoms with E-state index >= 15 is 4.39 Å². The van der Waals surface area contributed by atoms with E-state index in [2.05, 4.69) is 20.4 Å². The fourth-order valence-electron chi connectivity index (χ4n) is 4.50. The topological polar surface area (TPSA) is 152 Å². The van der Waals surface area contributed by atoms with Crippen molar-refractivity contribution >= 4 is 18.1 Å². The van der Waals surface area contributed by atoms with Crippen LogP contribution in [0.15, 0.2) is 22.6 Å². The van der Waals surface area contributed by atoms with Gasteiger partial charge in [-0.05, 0) is 64.7 Å². The van der Waals surface area contributed by atoms with Gasteiger partial charge in [-0.15, -0.1) is 0 Å². The molecule has 1 aliphatic carbocycles. The highest BCUT2D eigenvalue weighted by Crippen LogP contribution is 2.37. The first kappa shape index (κ1) is 32.7. The van der Waals surface area contributed by atoms with Crippen LogP contribution < -0.4 is 20.1 Å². The summed E-state index contributed by atoms with van der Waals surface area (Å²) in [6.45, 7) is 3.35. The summed E-state index contributed by atoms with van der Waals surface area (Å²) in [6, 6.07) is 3.14. The molecule has 0 spiro atoms. The second-order valence-corrected chi connectivity index (χ2v) is 12.0. The maximum Gasteiger partial charge on any atom is 0.408 e. The van der Waals surface area contributed by atoms with Crippen LogP contribution in [-0.4, -0.2) is 77.2 Å². The Hall–Kier alpha value is -4.17. The summed E-state index contributed by atoms with van der Waals surface area (Å²) in [5.74, 6) is -0.785. The van der Waals surface area contributed by atoms with Crippen LogP contribution in [0.5, 0.6) is 11.5 Å². The van der Waals surface area contributed by atoms with Gasteiger partial charge in [-0.3, -0.25) is 4.79 Å². The molecule has 1 aromatic carbocycles. The van der Waals surface area contributed by atoms with Gasteiger partial charge in [0.2, 0.25) is 5.89 Å². The summed E-state index contributed by atoms with van der Waals surface area (Å²) in [4.78, 5) is 42.4. The average molecular weight is 627 g/mol. The lowest BCUT2D eigenvalue weighted by atomic mass is 9.93. The number of carbonyl (C=O) groups is 3. The maximum absolute atomic E-state index is 15.4. The van der Waals surface area contributed by atoms with Crippen LogP contribution in [0.1, 0.15) is 75.7 Å². The third kappa shape index (κ3) is 8.92. The number of ether oxygens (including phenoxy) is 3. The van der Waals surface area contributed by atoms with Gasteiger partial charge in [0.05, 0.1) is 19.2 Å². The molecule has 242 valence electrons. The summed E-state index contributed by atoms with van der Waals surface area (Å²) in [5.41, 5.74) is -2.63. The summed E-state index contributed by atoms with van der Waals surface area (Å²) in [7, 11) is 0. The Morgan fingerprint density at radius 1 is 1.18 bits per heavy atom. The van der Waals surface area contributed by atoms with Crippen molar-refractivity contribution in [2.24, 2.45) is 5.92 Å². The number of alkyl halides is 3. The summed E-state index contributed by atoms with van der Waals surface area (Å²) < 4.78 is 63.0. The number of halogens is 3. The van der Waals surface area contributed by atoms with Crippen molar-refractivity contribution in [2.75, 3.05) is 26.2 Å². The zero-order valence-electron chi connectivity index (χ0n) is 25.0. The van der Waals surface area contributed by atoms with Crippen LogP contribution in [0.4, 0.5) is 22.8 Å². The van der Waals surface area contributed by atoms with Gasteiger partial charge in [0.15, 0.2) is 23.0 Å². The number of carboxylic acid groups (broad SMARTS) is 1. The molecule has 3 amide bonds. The van der Waals surface area contributed by atoms with E-state index < -0.39 is 48.6 Å². The maximum atomic E-state index is 15.4. The highest BCUT2D eigenvalue weighted by molar-refractivity contribution is 5.94. The minimum Gasteiger partial charge on any atom is -0.489 e. The molecule has 1 saturated heterocycles. The van der Waals surface area contributed by atoms with Crippen LogP contribution in [-0.2, 0) is 4.74 Å². The van der Waals surface area contributed by atoms with Crippen LogP contribution in [0.3, 0.4) is 0 Å². The molecule has 2 fully saturated rings. The molecule has 15 heteroatoms. The van der Waals surface area contributed by atoms with Gasteiger partial charge in [0.25, 0.3) is 5.91 Å². The summed E-state index contributed by atoms with van der Waals surface area (Å²) in [5, 5.41) is 14.2. The fraction of sp³-hybridized carbons (Fsp3) is 0.586. The Kier molecular flexibility index (Phi) is 9.84. The molecule has 0 bridgehead atoms. The van der Waals surface area contributed by atoms with Crippen molar-refractivity contribution in [3.8, 4) is 23.0 Å². The van der Waals surface area contributed by atoms with E-state index in [4.69, 9.17) is 19.0 Å². The van der Waals surface area contributed by atoms with E-state index in [9.17, 15) is 23.2 Å². The Morgan fingerprint density at radius 2 is 1.86 bits per heavy atom. The van der Waals surface area contributed by atoms with Gasteiger partial charge in [-0.1, -0.05) is 0 Å². The van der Waals surface area contributed by atoms with Crippen LogP contribution >= 0.6 is 0 Å². The quantitative estimate of drug-likeness (QED) is 0.292. The second-order valence-electron chi connectivity index (χ2n) is 12.0. The molecule has 1 aliphatic heterocycles. The molecule has 44 heavy (non-hydrogen) atoms. The molecule has 1 saturated carbocycles. The molecule has 4 rings (SSSR count). The molecular formula is C29H37F3N4O8. The van der Waals surface area contributed by atoms with Crippen molar-refractivity contribution in [3.63, 3.8) is 0 Å². The number of amides is 3. The van der Waals surface area contributed by atoms with E-state index in [0.29, 0.717) is 12.5 Å². The molecule has 1 unspecified atom stereocenters. The minimum absolute atomic E-state index is 0.0195. The molecule has 0 radical (unpaired) electrons. The van der Waals surface area contributed by atoms with Gasteiger partial charge >= 0.3 is 18.8 Å². The first-order valence-electron chi connectivity index (χ1n) is 14.3. The van der Waals surface area contributed by atoms with Gasteiger partial charge < -0.3 is 39.3 Å². The Bertz CT molecular complexity index is 1350. The number of carbonyl (C=O) groups excluding carboxylic acids is 2. The van der Waals surface area contributed by atoms with Crippen molar-refractivity contribution in [2.45, 2.75) is 77.3 Å². The summed E-state index contributed by atoms with van der Waals surface area (Å²) >= 11 is 0. The Morgan fingerprint density at radius 3 is 2.45 bits per heavy atom. The molecule has 1 atom stereocenters. The number of oxazole rings is 1. The van der Waals surface area contributed by atoms with Gasteiger partial charge in [-0.25, -0.2) is 19.0 Å². The Balaban J connectivity index is 1.59. The minimum atomic E-state index is -3.08. The van der Waals surface area contributed by atoms with E-state index in [-0.39, 0.29) is 60.3 Å². The molecule has 2 heterocycles. The molecule has 2 aliphatic rings. The lowest BCUT2D eigenvalue weighted by Gasteiger charge is -2.34. The molecular weight excluding hydrogens is 589 g/mol. The van der Waals surface area contributed by atoms with Gasteiger partial charge in [0, 0.05) is 31.5 Å². The molecule has 1 aromatic heterocycles. The highest BCUT2D eigenvalue weighted by Gasteiger charge is 2.37. The second kappa shape index (κ2) is 13.2. The molecule has 12 nitrogen and oxygen atoms in total. The van der Waals surface area contributed by atoms with Crippen LogP contribution in [0.25, 0.3) is 11.5 Å². The van der Waals surface area contributed by atoms with E-state index in [1.54, 1.807) is 20.8 Å². The third-order valence-electron chi connectivity index (χ3n) is 7.07. The van der Waals surface area contributed by atoms with Gasteiger partial charge in [0.1, 0.15) is 11.3 Å². The number of alkyl carbamates (subject to hydrolysis) is 1. The predicted molar refractivity (Wildman–Crippen MR) is 150 cm³/mol. The SMILES string of the molecule is CC(NC(=O)OC(C)(C)C)c1oc(-c2ccc(OC(F)F)c(OCC3CC3)c2)nc1C(=O)NCC1(F)CCN(C(=O)O)CC1. The number of rotatable bonds is 11. The van der Waals surface area contributed by atoms with Gasteiger partial charge in [-0.2, -0.15) is 8.78 Å². The van der Waals surface area contributed by atoms with E-state index in [1.165, 1.54) is 25.1 Å². The standard InChI is InChI=1S/C29H37F3N4O8/c1-16(34-26(38)44-28(2,3)4)22-21(23(37)33-15-29(32)9-11-36(12-10-29)27(39)40)35-24(43-22)18-7-8-19(42-25(30)31)20(13-18)41-14-17-5-6-17/h7-8,13,16-17,25H,5-6,9-12,14-15H2,1-4H3,(H,33,37)(H,34,38)(H,39,40). The van der Waals surface area contributed by atoms with Crippen LogP contribution in [0, 0.1) is 5.92 Å². The molecule has 3 N–H and O–H groups in total. The van der Waals surface area contributed by atoms with Crippen molar-refractivity contribution < 1.29 is 51.3 Å². The van der Waals surface area contributed by atoms with Crippen LogP contribution in [0.2, 0.25) is 0 Å². The number of hydrogen-bond acceptors (Lipinski definition) is 8. The van der Waals surface area contributed by atoms with E-state index in [1.807, 2.05) is 0 Å². The smallest absolute Gasteiger partial charge is 0.408 e. The number of aromatic nitrogens is 1. The number of nitrogens with one attached hydrogen (secondary N) is 2. The van der Waals surface area contributed by atoms with Crippen molar-refractivity contribution in [1.82, 2.24) is 20.5 Å². The number of benzene rings is 1. The normalized spacial score (nSPS) is 17.1. The number of likely N-dealkylation sites (tertiary alicyclic amines) is 1. The van der Waals surface area contributed by atoms with Crippen molar-refractivity contribution in [1.29, 1.82) is 0 Å². The highest BCUT2D eigenvalue weighted by atomic mass is 19.3. The lowest BCUT2D eigenvalue weighted by molar-refractivity contribution is -0.0515. The summed E-state index contributed by atoms with van der Waals surface area (Å²) in [6.07, 6.45) is -0.212. The zero-order valence-corrected chi connectivity index (χ0v) is 25.0. The number of hydrogen-bond donors (Lipinski definition) is 3. The largest absolute Gasteiger partial charge is 0.489 e. The first-order chi connectivity index (χ1) is 20.6. The monoisotopic (exact) mass is 626 g/mol. The van der Waals surface area contributed by atoms with E-state index in [0.717, 1.165) is 17.7 Å². The number of piperidine rings is 1. The first-order valence-corrected chi connectivity index (χ1v) is 14.3. The predicted octanol–water partition coefficient (Wildman–Crippen LogP) is 5.53. The average Bonchev–Trinajstić information content (AvgIpc) is 3.65. The zero-order chi connectivity index (χ0) is 32.2. The Labute approximate surface area is 252 Å². The fourth-order valence-corrected chi connectivity index (χ4v) is 4.50. The third-order valence-corrected chi connectivity index (χ3v) is 7.07. The molecule has 2 aromatic rings. The van der Waals surface area contributed by atoms with Crippen molar-refractivity contribution in [3.05, 3.63) is 29.7 Å².